The van der Waals surface area contributed by atoms with E-state index < -0.39 is 5.60 Å². The zero-order valence-electron chi connectivity index (χ0n) is 12.3. The third kappa shape index (κ3) is 3.70. The molecule has 5 nitrogen and oxygen atoms in total. The van der Waals surface area contributed by atoms with Crippen LogP contribution in [0.15, 0.2) is 11.6 Å². The van der Waals surface area contributed by atoms with Crippen molar-refractivity contribution in [3.8, 4) is 0 Å². The highest BCUT2D eigenvalue weighted by atomic mass is 32.1. The summed E-state index contributed by atoms with van der Waals surface area (Å²) >= 11 is 1.54. The minimum absolute atomic E-state index is 0.0234. The lowest BCUT2D eigenvalue weighted by atomic mass is 9.97. The molecular weight excluding hydrogens is 274 g/mol. The third-order valence-electron chi connectivity index (χ3n) is 3.33. The topological polar surface area (TPSA) is 68.5 Å². The minimum Gasteiger partial charge on any atom is -0.444 e. The van der Waals surface area contributed by atoms with Gasteiger partial charge < -0.3 is 15.4 Å². The summed E-state index contributed by atoms with van der Waals surface area (Å²) in [7, 11) is 0. The molecule has 1 amide bonds. The zero-order chi connectivity index (χ0) is 14.8. The van der Waals surface area contributed by atoms with E-state index in [0.717, 1.165) is 24.3 Å². The number of hydrogen-bond donors (Lipinski definition) is 1. The number of carbonyl (C=O) groups excluding carboxylic acids is 1. The molecule has 1 aliphatic heterocycles. The molecule has 0 aromatic carbocycles. The summed E-state index contributed by atoms with van der Waals surface area (Å²) in [4.78, 5) is 18.4. The fourth-order valence-electron chi connectivity index (χ4n) is 2.44. The number of nitrogens with two attached hydrogens (primary N) is 1. The molecule has 2 N–H and O–H groups in total. The smallest absolute Gasteiger partial charge is 0.410 e. The Morgan fingerprint density at radius 2 is 2.30 bits per heavy atom. The van der Waals surface area contributed by atoms with E-state index in [4.69, 9.17) is 10.5 Å². The number of rotatable bonds is 2. The van der Waals surface area contributed by atoms with Gasteiger partial charge in [-0.1, -0.05) is 0 Å². The van der Waals surface area contributed by atoms with E-state index >= 15 is 0 Å². The molecule has 112 valence electrons. The maximum absolute atomic E-state index is 12.3. The van der Waals surface area contributed by atoms with Crippen molar-refractivity contribution in [2.45, 2.75) is 57.7 Å². The first-order chi connectivity index (χ1) is 9.38. The van der Waals surface area contributed by atoms with Gasteiger partial charge in [0.15, 0.2) is 0 Å². The van der Waals surface area contributed by atoms with Gasteiger partial charge >= 0.3 is 6.09 Å². The van der Waals surface area contributed by atoms with Gasteiger partial charge in [0.25, 0.3) is 0 Å². The molecule has 2 rings (SSSR count). The summed E-state index contributed by atoms with van der Waals surface area (Å²) in [5.74, 6) is 0. The highest BCUT2D eigenvalue weighted by Gasteiger charge is 2.35. The molecular formula is C14H23N3O2S. The number of likely N-dealkylation sites (tertiary alicyclic amines) is 1. The third-order valence-corrected chi connectivity index (χ3v) is 4.21. The average Bonchev–Trinajstić information content (AvgIpc) is 2.89. The minimum atomic E-state index is -0.482. The van der Waals surface area contributed by atoms with Gasteiger partial charge in [-0.3, -0.25) is 0 Å². The van der Waals surface area contributed by atoms with Gasteiger partial charge in [0.2, 0.25) is 0 Å². The average molecular weight is 297 g/mol. The molecule has 6 heteroatoms. The quantitative estimate of drug-likeness (QED) is 0.911. The van der Waals surface area contributed by atoms with Crippen molar-refractivity contribution in [1.29, 1.82) is 0 Å². The van der Waals surface area contributed by atoms with Crippen LogP contribution in [0.25, 0.3) is 0 Å². The van der Waals surface area contributed by atoms with Gasteiger partial charge in [-0.2, -0.15) is 0 Å². The van der Waals surface area contributed by atoms with Crippen molar-refractivity contribution in [1.82, 2.24) is 9.88 Å². The predicted molar refractivity (Wildman–Crippen MR) is 79.6 cm³/mol. The van der Waals surface area contributed by atoms with E-state index in [1.807, 2.05) is 26.2 Å². The van der Waals surface area contributed by atoms with Crippen LogP contribution in [0.3, 0.4) is 0 Å². The number of hydrogen-bond acceptors (Lipinski definition) is 5. The number of thiazole rings is 1. The van der Waals surface area contributed by atoms with Crippen molar-refractivity contribution < 1.29 is 9.53 Å². The normalized spacial score (nSPS) is 21.6. The van der Waals surface area contributed by atoms with Crippen molar-refractivity contribution in [3.05, 3.63) is 16.6 Å². The van der Waals surface area contributed by atoms with Gasteiger partial charge in [0, 0.05) is 18.1 Å². The molecule has 2 unspecified atom stereocenters. The van der Waals surface area contributed by atoms with Gasteiger partial charge in [-0.15, -0.1) is 11.3 Å². The predicted octanol–water partition coefficient (Wildman–Crippen LogP) is 2.93. The Hall–Kier alpha value is -1.14. The van der Waals surface area contributed by atoms with Crippen LogP contribution in [0.5, 0.6) is 0 Å². The molecule has 2 atom stereocenters. The van der Waals surface area contributed by atoms with Gasteiger partial charge in [-0.25, -0.2) is 9.78 Å². The number of amides is 1. The number of ether oxygens (including phenoxy) is 1. The van der Waals surface area contributed by atoms with Crippen LogP contribution in [0, 0.1) is 0 Å². The lowest BCUT2D eigenvalue weighted by Gasteiger charge is -2.39. The van der Waals surface area contributed by atoms with E-state index in [1.165, 1.54) is 11.3 Å². The SMILES string of the molecule is CC(C)(C)OC(=O)N1CCCCC1C(N)c1nccs1. The maximum atomic E-state index is 12.3. The lowest BCUT2D eigenvalue weighted by molar-refractivity contribution is 0.00648. The van der Waals surface area contributed by atoms with Crippen LogP contribution in [0.2, 0.25) is 0 Å². The van der Waals surface area contributed by atoms with Crippen molar-refractivity contribution in [2.24, 2.45) is 5.73 Å². The van der Waals surface area contributed by atoms with E-state index in [1.54, 1.807) is 11.1 Å². The number of carbonyl (C=O) groups is 1. The lowest BCUT2D eigenvalue weighted by Crippen LogP contribution is -2.50. The first kappa shape index (κ1) is 15.3. The fourth-order valence-corrected chi connectivity index (χ4v) is 3.14. The van der Waals surface area contributed by atoms with Crippen LogP contribution in [0.4, 0.5) is 4.79 Å². The molecule has 0 spiro atoms. The number of aromatic nitrogens is 1. The monoisotopic (exact) mass is 297 g/mol. The summed E-state index contributed by atoms with van der Waals surface area (Å²) in [6, 6.07) is -0.257. The highest BCUT2D eigenvalue weighted by Crippen LogP contribution is 2.29. The molecule has 1 aromatic heterocycles. The maximum Gasteiger partial charge on any atom is 0.410 e. The second-order valence-electron chi connectivity index (χ2n) is 6.13. The summed E-state index contributed by atoms with van der Waals surface area (Å²) < 4.78 is 5.49. The van der Waals surface area contributed by atoms with Crippen LogP contribution < -0.4 is 5.73 Å². The first-order valence-electron chi connectivity index (χ1n) is 7.03. The Balaban J connectivity index is 2.11. The highest BCUT2D eigenvalue weighted by molar-refractivity contribution is 7.09. The van der Waals surface area contributed by atoms with E-state index in [2.05, 4.69) is 4.98 Å². The summed E-state index contributed by atoms with van der Waals surface area (Å²) in [5.41, 5.74) is 5.82. The second kappa shape index (κ2) is 6.10. The second-order valence-corrected chi connectivity index (χ2v) is 7.06. The summed E-state index contributed by atoms with van der Waals surface area (Å²) in [5, 5.41) is 2.79. The largest absolute Gasteiger partial charge is 0.444 e. The Bertz CT molecular complexity index is 442. The van der Waals surface area contributed by atoms with Crippen LogP contribution in [-0.2, 0) is 4.74 Å². The molecule has 0 saturated carbocycles. The van der Waals surface area contributed by atoms with Crippen LogP contribution in [-0.4, -0.2) is 34.2 Å². The van der Waals surface area contributed by atoms with E-state index in [0.29, 0.717) is 6.54 Å². The Morgan fingerprint density at radius 1 is 1.55 bits per heavy atom. The standard InChI is InChI=1S/C14H23N3O2S/c1-14(2,3)19-13(18)17-8-5-4-6-10(17)11(15)12-16-7-9-20-12/h7,9-11H,4-6,8,15H2,1-3H3. The molecule has 1 fully saturated rings. The van der Waals surface area contributed by atoms with E-state index in [9.17, 15) is 4.79 Å². The van der Waals surface area contributed by atoms with Gasteiger partial charge in [0.05, 0.1) is 12.1 Å². The number of nitrogens with zero attached hydrogens (tertiary/aromatic N) is 2. The molecule has 1 aromatic rings. The van der Waals surface area contributed by atoms with Gasteiger partial charge in [0.1, 0.15) is 10.6 Å². The first-order valence-corrected chi connectivity index (χ1v) is 7.91. The van der Waals surface area contributed by atoms with Crippen molar-refractivity contribution in [2.75, 3.05) is 6.54 Å². The summed E-state index contributed by atoms with van der Waals surface area (Å²) in [6.45, 7) is 6.35. The van der Waals surface area contributed by atoms with E-state index in [-0.39, 0.29) is 18.2 Å². The molecule has 1 aliphatic rings. The molecule has 1 saturated heterocycles. The molecule has 20 heavy (non-hydrogen) atoms. The zero-order valence-corrected chi connectivity index (χ0v) is 13.2. The summed E-state index contributed by atoms with van der Waals surface area (Å²) in [6.07, 6.45) is 4.47. The Morgan fingerprint density at radius 3 is 2.90 bits per heavy atom. The number of piperidine rings is 1. The van der Waals surface area contributed by atoms with Crippen LogP contribution in [0.1, 0.15) is 51.1 Å². The van der Waals surface area contributed by atoms with Crippen LogP contribution >= 0.6 is 11.3 Å². The molecule has 0 radical (unpaired) electrons. The molecule has 0 aliphatic carbocycles. The molecule has 2 heterocycles. The Labute approximate surface area is 124 Å². The van der Waals surface area contributed by atoms with Crippen molar-refractivity contribution >= 4 is 17.4 Å². The van der Waals surface area contributed by atoms with Gasteiger partial charge in [-0.05, 0) is 40.0 Å². The molecule has 0 bridgehead atoms. The van der Waals surface area contributed by atoms with Crippen molar-refractivity contribution in [3.63, 3.8) is 0 Å². The Kier molecular flexibility index (Phi) is 4.65. The fraction of sp³-hybridized carbons (Fsp3) is 0.714.